The number of carbonyl (C=O) groups is 1. The smallest absolute Gasteiger partial charge is 0.272 e. The maximum atomic E-state index is 12.5. The number of halogens is 3. The zero-order chi connectivity index (χ0) is 18.0. The van der Waals surface area contributed by atoms with Gasteiger partial charge in [0.1, 0.15) is 11.8 Å². The molecule has 0 spiro atoms. The monoisotopic (exact) mass is 368 g/mol. The molecule has 25 heavy (non-hydrogen) atoms. The van der Waals surface area contributed by atoms with Gasteiger partial charge in [-0.25, -0.2) is 13.8 Å². The van der Waals surface area contributed by atoms with Gasteiger partial charge in [-0.2, -0.15) is 0 Å². The average Bonchev–Trinajstić information content (AvgIpc) is 2.91. The number of ether oxygens (including phenoxy) is 2. The van der Waals surface area contributed by atoms with E-state index >= 15 is 0 Å². The molecular weight excluding hydrogens is 354 g/mol. The fourth-order valence-corrected chi connectivity index (χ4v) is 2.90. The second kappa shape index (κ2) is 7.23. The number of nitrogens with zero attached hydrogens (tertiary/aromatic N) is 2. The highest BCUT2D eigenvalue weighted by molar-refractivity contribution is 6.30. The van der Waals surface area contributed by atoms with E-state index in [9.17, 15) is 13.6 Å². The van der Waals surface area contributed by atoms with Crippen LogP contribution in [0.3, 0.4) is 0 Å². The van der Waals surface area contributed by atoms with E-state index in [0.29, 0.717) is 35.1 Å². The Morgan fingerprint density at radius 2 is 2.12 bits per heavy atom. The maximum Gasteiger partial charge on any atom is 0.272 e. The first-order valence-electron chi connectivity index (χ1n) is 7.50. The summed E-state index contributed by atoms with van der Waals surface area (Å²) < 4.78 is 34.8. The summed E-state index contributed by atoms with van der Waals surface area (Å²) in [4.78, 5) is 18.1. The number of rotatable bonds is 6. The van der Waals surface area contributed by atoms with E-state index in [4.69, 9.17) is 21.1 Å². The Hall–Kier alpha value is -2.41. The molecule has 5 nitrogen and oxygen atoms in total. The Morgan fingerprint density at radius 3 is 2.80 bits per heavy atom. The first-order valence-corrected chi connectivity index (χ1v) is 7.88. The Bertz CT molecular complexity index is 801. The van der Waals surface area contributed by atoms with E-state index in [1.807, 2.05) is 0 Å². The van der Waals surface area contributed by atoms with Crippen molar-refractivity contribution in [3.63, 3.8) is 0 Å². The van der Waals surface area contributed by atoms with Crippen LogP contribution >= 0.6 is 11.6 Å². The summed E-state index contributed by atoms with van der Waals surface area (Å²) in [5.74, 6) is 0.438. The van der Waals surface area contributed by atoms with Crippen LogP contribution in [0.2, 0.25) is 5.15 Å². The van der Waals surface area contributed by atoms with Crippen molar-refractivity contribution in [2.24, 2.45) is 0 Å². The van der Waals surface area contributed by atoms with Gasteiger partial charge >= 0.3 is 0 Å². The van der Waals surface area contributed by atoms with E-state index in [-0.39, 0.29) is 11.7 Å². The Morgan fingerprint density at radius 1 is 1.32 bits per heavy atom. The molecule has 0 bridgehead atoms. The summed E-state index contributed by atoms with van der Waals surface area (Å²) >= 11 is 6.04. The summed E-state index contributed by atoms with van der Waals surface area (Å²) in [5, 5.41) is 0.321. The molecule has 2 aromatic rings. The number of methoxy groups -OCH3 is 1. The fraction of sp³-hybridized carbons (Fsp3) is 0.294. The minimum atomic E-state index is -2.57. The molecule has 1 amide bonds. The number of benzene rings is 1. The molecule has 1 aromatic heterocycles. The third kappa shape index (κ3) is 3.66. The summed E-state index contributed by atoms with van der Waals surface area (Å²) in [6, 6.07) is 6.57. The molecule has 0 unspecified atom stereocenters. The van der Waals surface area contributed by atoms with Gasteiger partial charge in [0.25, 0.3) is 12.3 Å². The lowest BCUT2D eigenvalue weighted by Gasteiger charge is -2.17. The van der Waals surface area contributed by atoms with Crippen molar-refractivity contribution in [3.8, 4) is 11.5 Å². The Labute approximate surface area is 148 Å². The van der Waals surface area contributed by atoms with Crippen LogP contribution in [0.15, 0.2) is 30.5 Å². The minimum Gasteiger partial charge on any atom is -0.493 e. The lowest BCUT2D eigenvalue weighted by Crippen LogP contribution is -2.23. The van der Waals surface area contributed by atoms with Crippen LogP contribution in [0.1, 0.15) is 21.5 Å². The summed E-state index contributed by atoms with van der Waals surface area (Å²) in [6.07, 6.45) is -1.07. The summed E-state index contributed by atoms with van der Waals surface area (Å²) in [7, 11) is 1.43. The molecule has 132 valence electrons. The van der Waals surface area contributed by atoms with Crippen molar-refractivity contribution in [1.29, 1.82) is 0 Å². The average molecular weight is 369 g/mol. The highest BCUT2D eigenvalue weighted by Gasteiger charge is 2.29. The summed E-state index contributed by atoms with van der Waals surface area (Å²) in [5.41, 5.74) is 2.04. The predicted molar refractivity (Wildman–Crippen MR) is 87.3 cm³/mol. The molecule has 0 N–H and O–H groups in total. The molecule has 1 aliphatic heterocycles. The van der Waals surface area contributed by atoms with Gasteiger partial charge in [-0.1, -0.05) is 17.7 Å². The van der Waals surface area contributed by atoms with E-state index in [1.165, 1.54) is 13.3 Å². The quantitative estimate of drug-likeness (QED) is 0.732. The van der Waals surface area contributed by atoms with Crippen LogP contribution in [0.4, 0.5) is 8.78 Å². The first-order chi connectivity index (χ1) is 12.0. The second-order valence-electron chi connectivity index (χ2n) is 5.48. The van der Waals surface area contributed by atoms with Crippen LogP contribution in [0.5, 0.6) is 11.5 Å². The van der Waals surface area contributed by atoms with E-state index < -0.39 is 13.0 Å². The first kappa shape index (κ1) is 17.4. The van der Waals surface area contributed by atoms with Gasteiger partial charge < -0.3 is 14.4 Å². The molecule has 2 heterocycles. The zero-order valence-electron chi connectivity index (χ0n) is 13.3. The number of amides is 1. The standard InChI is InChI=1S/C17H15ClF2N2O3/c1-24-14-6-10(2-3-13(14)25-9-15(19)20)7-22-8-12-11(17(22)23)4-5-21-16(12)18/h2-6,15H,7-9H2,1H3. The van der Waals surface area contributed by atoms with Gasteiger partial charge in [-0.3, -0.25) is 4.79 Å². The van der Waals surface area contributed by atoms with Crippen molar-refractivity contribution >= 4 is 17.5 Å². The lowest BCUT2D eigenvalue weighted by atomic mass is 10.2. The van der Waals surface area contributed by atoms with Crippen LogP contribution in [-0.4, -0.2) is 35.9 Å². The number of aromatic nitrogens is 1. The van der Waals surface area contributed by atoms with Crippen LogP contribution < -0.4 is 9.47 Å². The zero-order valence-corrected chi connectivity index (χ0v) is 14.1. The Balaban J connectivity index is 1.76. The van der Waals surface area contributed by atoms with Crippen molar-refractivity contribution in [2.75, 3.05) is 13.7 Å². The lowest BCUT2D eigenvalue weighted by molar-refractivity contribution is 0.0764. The Kier molecular flexibility index (Phi) is 5.03. The molecule has 0 saturated carbocycles. The van der Waals surface area contributed by atoms with Crippen molar-refractivity contribution in [2.45, 2.75) is 19.5 Å². The highest BCUT2D eigenvalue weighted by atomic mass is 35.5. The normalized spacial score (nSPS) is 13.3. The largest absolute Gasteiger partial charge is 0.493 e. The molecule has 3 rings (SSSR count). The SMILES string of the molecule is COc1cc(CN2Cc3c(ccnc3Cl)C2=O)ccc1OCC(F)F. The minimum absolute atomic E-state index is 0.128. The maximum absolute atomic E-state index is 12.5. The predicted octanol–water partition coefficient (Wildman–Crippen LogP) is 3.54. The number of hydrogen-bond acceptors (Lipinski definition) is 4. The summed E-state index contributed by atoms with van der Waals surface area (Å²) in [6.45, 7) is -0.0107. The van der Waals surface area contributed by atoms with Crippen molar-refractivity contribution in [3.05, 3.63) is 52.3 Å². The van der Waals surface area contributed by atoms with Gasteiger partial charge in [0.2, 0.25) is 0 Å². The van der Waals surface area contributed by atoms with Gasteiger partial charge in [0.15, 0.2) is 11.5 Å². The van der Waals surface area contributed by atoms with E-state index in [2.05, 4.69) is 4.98 Å². The molecule has 1 aromatic carbocycles. The van der Waals surface area contributed by atoms with Crippen LogP contribution in [-0.2, 0) is 13.1 Å². The number of pyridine rings is 1. The number of carbonyl (C=O) groups excluding carboxylic acids is 1. The number of alkyl halides is 2. The molecule has 0 radical (unpaired) electrons. The molecular formula is C17H15ClF2N2O3. The topological polar surface area (TPSA) is 51.7 Å². The van der Waals surface area contributed by atoms with Crippen molar-refractivity contribution < 1.29 is 23.0 Å². The van der Waals surface area contributed by atoms with Gasteiger partial charge in [-0.05, 0) is 23.8 Å². The van der Waals surface area contributed by atoms with E-state index in [0.717, 1.165) is 5.56 Å². The molecule has 0 atom stereocenters. The van der Waals surface area contributed by atoms with Gasteiger partial charge in [-0.15, -0.1) is 0 Å². The van der Waals surface area contributed by atoms with Gasteiger partial charge in [0.05, 0.1) is 13.7 Å². The molecule has 0 fully saturated rings. The molecule has 8 heteroatoms. The van der Waals surface area contributed by atoms with Crippen LogP contribution in [0.25, 0.3) is 0 Å². The molecule has 1 aliphatic rings. The second-order valence-corrected chi connectivity index (χ2v) is 5.83. The molecule has 0 aliphatic carbocycles. The van der Waals surface area contributed by atoms with Gasteiger partial charge in [0, 0.05) is 23.9 Å². The third-order valence-electron chi connectivity index (χ3n) is 3.84. The van der Waals surface area contributed by atoms with Crippen LogP contribution in [0, 0.1) is 0 Å². The highest BCUT2D eigenvalue weighted by Crippen LogP contribution is 2.32. The van der Waals surface area contributed by atoms with Crippen molar-refractivity contribution in [1.82, 2.24) is 9.88 Å². The fourth-order valence-electron chi connectivity index (χ4n) is 2.68. The number of hydrogen-bond donors (Lipinski definition) is 0. The van der Waals surface area contributed by atoms with E-state index in [1.54, 1.807) is 29.2 Å². The third-order valence-corrected chi connectivity index (χ3v) is 4.16. The number of fused-ring (bicyclic) bond motifs is 1. The molecule has 0 saturated heterocycles.